The molecule has 1 atom stereocenters. The molecule has 0 aliphatic carbocycles. The van der Waals surface area contributed by atoms with Gasteiger partial charge in [-0.2, -0.15) is 0 Å². The van der Waals surface area contributed by atoms with Crippen molar-refractivity contribution < 1.29 is 4.84 Å². The van der Waals surface area contributed by atoms with Crippen LogP contribution < -0.4 is 0 Å². The van der Waals surface area contributed by atoms with Gasteiger partial charge in [-0.3, -0.25) is 4.98 Å². The van der Waals surface area contributed by atoms with E-state index >= 15 is 0 Å². The molecule has 2 heterocycles. The summed E-state index contributed by atoms with van der Waals surface area (Å²) in [6.07, 6.45) is 5.81. The van der Waals surface area contributed by atoms with E-state index in [9.17, 15) is 0 Å². The average Bonchev–Trinajstić information content (AvgIpc) is 3.07. The Morgan fingerprint density at radius 1 is 1.05 bits per heavy atom. The molecule has 110 valence electrons. The molecule has 3 rings (SSSR count). The normalized spacial score (nSPS) is 16.5. The van der Waals surface area contributed by atoms with E-state index in [2.05, 4.69) is 47.4 Å². The molecule has 1 aromatic heterocycles. The van der Waals surface area contributed by atoms with Crippen molar-refractivity contribution in [2.24, 2.45) is 5.16 Å². The molecule has 0 bridgehead atoms. The van der Waals surface area contributed by atoms with Crippen molar-refractivity contribution in [1.29, 1.82) is 0 Å². The van der Waals surface area contributed by atoms with E-state index in [1.54, 1.807) is 6.20 Å². The Balaban J connectivity index is 0.000000774. The van der Waals surface area contributed by atoms with Gasteiger partial charge in [0.25, 0.3) is 0 Å². The van der Waals surface area contributed by atoms with Gasteiger partial charge in [0.1, 0.15) is 6.10 Å². The number of oxime groups is 1. The van der Waals surface area contributed by atoms with Crippen LogP contribution in [0.15, 0.2) is 53.9 Å². The molecule has 2 aromatic rings. The number of rotatable bonds is 3. The Morgan fingerprint density at radius 2 is 1.76 bits per heavy atom. The Kier molecular flexibility index (Phi) is 5.50. The fraction of sp³-hybridized carbons (Fsp3) is 0.333. The van der Waals surface area contributed by atoms with Gasteiger partial charge >= 0.3 is 0 Å². The maximum Gasteiger partial charge on any atom is 0.133 e. The highest BCUT2D eigenvalue weighted by Crippen LogP contribution is 2.22. The highest BCUT2D eigenvalue weighted by molar-refractivity contribution is 6.01. The summed E-state index contributed by atoms with van der Waals surface area (Å²) >= 11 is 0. The third kappa shape index (κ3) is 3.69. The molecule has 3 nitrogen and oxygen atoms in total. The molecule has 0 radical (unpaired) electrons. The Hall–Kier alpha value is -2.16. The first-order valence-corrected chi connectivity index (χ1v) is 7.60. The summed E-state index contributed by atoms with van der Waals surface area (Å²) < 4.78 is 0. The van der Waals surface area contributed by atoms with Gasteiger partial charge in [-0.15, -0.1) is 0 Å². The minimum Gasteiger partial charge on any atom is -0.392 e. The number of aromatic nitrogens is 1. The van der Waals surface area contributed by atoms with Crippen LogP contribution in [0.25, 0.3) is 11.1 Å². The molecule has 0 saturated heterocycles. The molecular weight excluding hydrogens is 260 g/mol. The SMILES string of the molecule is CC.CC[C@H]1CC(c2ccc(-c3cccnc3)cc2)=NO1. The number of hydrogen-bond donors (Lipinski definition) is 0. The van der Waals surface area contributed by atoms with E-state index in [1.807, 2.05) is 26.1 Å². The van der Waals surface area contributed by atoms with E-state index in [0.717, 1.165) is 29.7 Å². The van der Waals surface area contributed by atoms with Crippen molar-refractivity contribution in [3.63, 3.8) is 0 Å². The summed E-state index contributed by atoms with van der Waals surface area (Å²) in [6, 6.07) is 12.4. The second-order valence-corrected chi connectivity index (χ2v) is 4.70. The monoisotopic (exact) mass is 282 g/mol. The number of hydrogen-bond acceptors (Lipinski definition) is 3. The third-order valence-corrected chi connectivity index (χ3v) is 3.40. The maximum atomic E-state index is 5.36. The zero-order valence-electron chi connectivity index (χ0n) is 12.9. The molecule has 1 aliphatic rings. The van der Waals surface area contributed by atoms with Gasteiger partial charge < -0.3 is 4.84 Å². The molecule has 3 heteroatoms. The molecule has 0 spiro atoms. The summed E-state index contributed by atoms with van der Waals surface area (Å²) in [7, 11) is 0. The summed E-state index contributed by atoms with van der Waals surface area (Å²) in [4.78, 5) is 9.50. The van der Waals surface area contributed by atoms with Crippen LogP contribution in [-0.2, 0) is 4.84 Å². The molecule has 1 aromatic carbocycles. The molecule has 1 aliphatic heterocycles. The second kappa shape index (κ2) is 7.58. The summed E-state index contributed by atoms with van der Waals surface area (Å²) in [5.41, 5.74) is 4.49. The van der Waals surface area contributed by atoms with Gasteiger partial charge in [0.05, 0.1) is 5.71 Å². The Bertz CT molecular complexity index is 576. The van der Waals surface area contributed by atoms with Crippen LogP contribution in [0.3, 0.4) is 0 Å². The van der Waals surface area contributed by atoms with Crippen molar-refractivity contribution >= 4 is 5.71 Å². The predicted molar refractivity (Wildman–Crippen MR) is 87.3 cm³/mol. The van der Waals surface area contributed by atoms with Crippen LogP contribution in [0, 0.1) is 0 Å². The lowest BCUT2D eigenvalue weighted by atomic mass is 10.0. The zero-order valence-corrected chi connectivity index (χ0v) is 12.9. The molecule has 0 unspecified atom stereocenters. The number of pyridine rings is 1. The van der Waals surface area contributed by atoms with Crippen LogP contribution in [0.1, 0.15) is 39.2 Å². The van der Waals surface area contributed by atoms with Crippen molar-refractivity contribution in [1.82, 2.24) is 4.98 Å². The molecule has 0 N–H and O–H groups in total. The van der Waals surface area contributed by atoms with Crippen LogP contribution >= 0.6 is 0 Å². The van der Waals surface area contributed by atoms with Crippen molar-refractivity contribution in [2.45, 2.75) is 39.7 Å². The van der Waals surface area contributed by atoms with Gasteiger partial charge in [-0.25, -0.2) is 0 Å². The lowest BCUT2D eigenvalue weighted by Crippen LogP contribution is -2.06. The van der Waals surface area contributed by atoms with Gasteiger partial charge in [-0.1, -0.05) is 56.3 Å². The van der Waals surface area contributed by atoms with E-state index in [1.165, 1.54) is 5.56 Å². The van der Waals surface area contributed by atoms with E-state index in [-0.39, 0.29) is 6.10 Å². The quantitative estimate of drug-likeness (QED) is 0.819. The van der Waals surface area contributed by atoms with E-state index in [4.69, 9.17) is 4.84 Å². The van der Waals surface area contributed by atoms with Crippen molar-refractivity contribution in [3.8, 4) is 11.1 Å². The van der Waals surface area contributed by atoms with Crippen LogP contribution in [-0.4, -0.2) is 16.8 Å². The molecule has 0 amide bonds. The summed E-state index contributed by atoms with van der Waals surface area (Å²) in [5.74, 6) is 0. The second-order valence-electron chi connectivity index (χ2n) is 4.70. The first-order chi connectivity index (χ1) is 10.4. The molecule has 0 saturated carbocycles. The van der Waals surface area contributed by atoms with Gasteiger partial charge in [0, 0.05) is 18.8 Å². The van der Waals surface area contributed by atoms with E-state index in [0.29, 0.717) is 0 Å². The number of benzene rings is 1. The average molecular weight is 282 g/mol. The minimum atomic E-state index is 0.244. The van der Waals surface area contributed by atoms with Crippen molar-refractivity contribution in [3.05, 3.63) is 54.4 Å². The smallest absolute Gasteiger partial charge is 0.133 e. The van der Waals surface area contributed by atoms with Gasteiger partial charge in [0.15, 0.2) is 0 Å². The first kappa shape index (κ1) is 15.2. The Morgan fingerprint density at radius 3 is 2.33 bits per heavy atom. The van der Waals surface area contributed by atoms with Crippen LogP contribution in [0.2, 0.25) is 0 Å². The van der Waals surface area contributed by atoms with Gasteiger partial charge in [-0.05, 0) is 29.2 Å². The first-order valence-electron chi connectivity index (χ1n) is 7.60. The topological polar surface area (TPSA) is 34.5 Å². The lowest BCUT2D eigenvalue weighted by molar-refractivity contribution is 0.0829. The highest BCUT2D eigenvalue weighted by Gasteiger charge is 2.20. The zero-order chi connectivity index (χ0) is 15.1. The lowest BCUT2D eigenvalue weighted by Gasteiger charge is -2.04. The predicted octanol–water partition coefficient (Wildman–Crippen LogP) is 4.68. The highest BCUT2D eigenvalue weighted by atomic mass is 16.6. The van der Waals surface area contributed by atoms with Gasteiger partial charge in [0.2, 0.25) is 0 Å². The molecular formula is C18H22N2O. The van der Waals surface area contributed by atoms with Crippen LogP contribution in [0.5, 0.6) is 0 Å². The van der Waals surface area contributed by atoms with Crippen LogP contribution in [0.4, 0.5) is 0 Å². The Labute approximate surface area is 126 Å². The molecule has 0 fully saturated rings. The largest absolute Gasteiger partial charge is 0.392 e. The summed E-state index contributed by atoms with van der Waals surface area (Å²) in [6.45, 7) is 6.12. The summed E-state index contributed by atoms with van der Waals surface area (Å²) in [5, 5.41) is 4.16. The standard InChI is InChI=1S/C16H16N2O.C2H6/c1-2-15-10-16(18-19-15)13-7-5-12(6-8-13)14-4-3-9-17-11-14;1-2/h3-9,11,15H,2,10H2,1H3;1-2H3/t15-;/m0./s1. The third-order valence-electron chi connectivity index (χ3n) is 3.40. The van der Waals surface area contributed by atoms with Crippen molar-refractivity contribution in [2.75, 3.05) is 0 Å². The number of nitrogens with zero attached hydrogens (tertiary/aromatic N) is 2. The fourth-order valence-electron chi connectivity index (χ4n) is 2.21. The molecule has 21 heavy (non-hydrogen) atoms. The maximum absolute atomic E-state index is 5.36. The van der Waals surface area contributed by atoms with E-state index < -0.39 is 0 Å². The fourth-order valence-corrected chi connectivity index (χ4v) is 2.21. The minimum absolute atomic E-state index is 0.244.